The predicted octanol–water partition coefficient (Wildman–Crippen LogP) is 3.47. The fraction of sp³-hybridized carbons (Fsp3) is 0.0833. The molecule has 2 aromatic heterocycles. The molecule has 154 valence electrons. The van der Waals surface area contributed by atoms with Gasteiger partial charge in [-0.2, -0.15) is 5.10 Å². The number of hydrazone groups is 1. The van der Waals surface area contributed by atoms with Gasteiger partial charge in [-0.15, -0.1) is 0 Å². The van der Waals surface area contributed by atoms with E-state index in [0.29, 0.717) is 27.6 Å². The van der Waals surface area contributed by atoms with Crippen LogP contribution in [0.25, 0.3) is 16.5 Å². The predicted molar refractivity (Wildman–Crippen MR) is 120 cm³/mol. The lowest BCUT2D eigenvalue weighted by molar-refractivity contribution is 0.0955. The molecule has 4 rings (SSSR count). The monoisotopic (exact) mass is 412 g/mol. The van der Waals surface area contributed by atoms with E-state index < -0.39 is 5.91 Å². The zero-order valence-electron chi connectivity index (χ0n) is 17.0. The maximum Gasteiger partial charge on any atom is 0.271 e. The Morgan fingerprint density at radius 2 is 1.74 bits per heavy atom. The summed E-state index contributed by atoms with van der Waals surface area (Å²) in [5.41, 5.74) is 5.45. The standard InChI is InChI=1S/C24H20N4O3/c1-15-7-8-18(13-16(15)2)28-23(30)20-6-4-3-5-19(20)21(24(28)31)14-26-27-22(29)17-9-11-25-12-10-17/h3-14,31H,1-2H3,(H,27,29)/b26-14+. The van der Waals surface area contributed by atoms with Gasteiger partial charge in [-0.25, -0.2) is 9.99 Å². The molecule has 7 nitrogen and oxygen atoms in total. The van der Waals surface area contributed by atoms with Crippen LogP contribution in [0.1, 0.15) is 27.0 Å². The number of pyridine rings is 2. The van der Waals surface area contributed by atoms with Crippen LogP contribution >= 0.6 is 0 Å². The molecule has 0 aliphatic rings. The summed E-state index contributed by atoms with van der Waals surface area (Å²) in [6, 6.07) is 15.6. The third-order valence-corrected chi connectivity index (χ3v) is 5.15. The Balaban J connectivity index is 1.82. The number of rotatable bonds is 4. The molecule has 0 aliphatic heterocycles. The van der Waals surface area contributed by atoms with Gasteiger partial charge in [0.2, 0.25) is 5.88 Å². The van der Waals surface area contributed by atoms with E-state index in [1.807, 2.05) is 26.0 Å². The molecule has 7 heteroatoms. The van der Waals surface area contributed by atoms with E-state index in [-0.39, 0.29) is 11.4 Å². The second-order valence-electron chi connectivity index (χ2n) is 7.13. The second-order valence-corrected chi connectivity index (χ2v) is 7.13. The van der Waals surface area contributed by atoms with Crippen molar-refractivity contribution in [3.63, 3.8) is 0 Å². The SMILES string of the molecule is Cc1ccc(-n2c(O)c(/C=N/NC(=O)c3ccncc3)c3ccccc3c2=O)cc1C. The number of nitrogens with one attached hydrogen (secondary N) is 1. The molecule has 0 atom stereocenters. The normalized spacial score (nSPS) is 11.2. The first kappa shape index (κ1) is 20.0. The smallest absolute Gasteiger partial charge is 0.271 e. The van der Waals surface area contributed by atoms with Gasteiger partial charge in [0.25, 0.3) is 11.5 Å². The Labute approximate surface area is 178 Å². The summed E-state index contributed by atoms with van der Waals surface area (Å²) >= 11 is 0. The minimum absolute atomic E-state index is 0.256. The minimum atomic E-state index is -0.412. The lowest BCUT2D eigenvalue weighted by atomic mass is 10.1. The van der Waals surface area contributed by atoms with Gasteiger partial charge in [0, 0.05) is 28.7 Å². The average Bonchev–Trinajstić information content (AvgIpc) is 2.79. The summed E-state index contributed by atoms with van der Waals surface area (Å²) < 4.78 is 1.25. The number of benzene rings is 2. The topological polar surface area (TPSA) is 96.6 Å². The molecule has 31 heavy (non-hydrogen) atoms. The molecule has 2 heterocycles. The van der Waals surface area contributed by atoms with Crippen molar-refractivity contribution in [2.75, 3.05) is 0 Å². The fourth-order valence-corrected chi connectivity index (χ4v) is 3.32. The van der Waals surface area contributed by atoms with Gasteiger partial charge >= 0.3 is 0 Å². The van der Waals surface area contributed by atoms with Crippen molar-refractivity contribution in [3.05, 3.63) is 99.6 Å². The molecule has 0 fully saturated rings. The Kier molecular flexibility index (Phi) is 5.32. The molecule has 4 aromatic rings. The first-order valence-electron chi connectivity index (χ1n) is 9.65. The fourth-order valence-electron chi connectivity index (χ4n) is 3.32. The second kappa shape index (κ2) is 8.23. The van der Waals surface area contributed by atoms with Crippen LogP contribution in [-0.2, 0) is 0 Å². The van der Waals surface area contributed by atoms with Gasteiger partial charge in [-0.1, -0.05) is 24.3 Å². The lowest BCUT2D eigenvalue weighted by Gasteiger charge is -2.14. The first-order valence-corrected chi connectivity index (χ1v) is 9.65. The molecule has 2 N–H and O–H groups in total. The van der Waals surface area contributed by atoms with Crippen molar-refractivity contribution in [3.8, 4) is 11.6 Å². The highest BCUT2D eigenvalue weighted by atomic mass is 16.3. The van der Waals surface area contributed by atoms with Crippen LogP contribution in [0, 0.1) is 13.8 Å². The molecule has 2 aromatic carbocycles. The average molecular weight is 412 g/mol. The molecule has 0 radical (unpaired) electrons. The van der Waals surface area contributed by atoms with Crippen LogP contribution in [0.2, 0.25) is 0 Å². The molecule has 0 saturated heterocycles. The van der Waals surface area contributed by atoms with Crippen LogP contribution in [0.3, 0.4) is 0 Å². The van der Waals surface area contributed by atoms with Gasteiger partial charge < -0.3 is 5.11 Å². The van der Waals surface area contributed by atoms with Gasteiger partial charge in [0.15, 0.2) is 0 Å². The van der Waals surface area contributed by atoms with Crippen LogP contribution in [0.4, 0.5) is 0 Å². The van der Waals surface area contributed by atoms with Crippen molar-refractivity contribution in [1.82, 2.24) is 15.0 Å². The summed E-state index contributed by atoms with van der Waals surface area (Å²) in [6.45, 7) is 3.92. The van der Waals surface area contributed by atoms with Gasteiger partial charge in [0.1, 0.15) is 0 Å². The van der Waals surface area contributed by atoms with E-state index in [1.54, 1.807) is 42.5 Å². The maximum absolute atomic E-state index is 13.1. The number of hydrogen-bond acceptors (Lipinski definition) is 5. The Hall–Kier alpha value is -4.26. The third-order valence-electron chi connectivity index (χ3n) is 5.15. The number of carbonyl (C=O) groups is 1. The molecular weight excluding hydrogens is 392 g/mol. The van der Waals surface area contributed by atoms with Crippen molar-refractivity contribution >= 4 is 22.9 Å². The molecule has 0 saturated carbocycles. The number of aromatic nitrogens is 2. The van der Waals surface area contributed by atoms with E-state index in [4.69, 9.17) is 0 Å². The number of nitrogens with zero attached hydrogens (tertiary/aromatic N) is 3. The van der Waals surface area contributed by atoms with E-state index >= 15 is 0 Å². The number of amides is 1. The summed E-state index contributed by atoms with van der Waals surface area (Å²) in [5, 5.41) is 16.0. The summed E-state index contributed by atoms with van der Waals surface area (Å²) in [6.07, 6.45) is 4.36. The van der Waals surface area contributed by atoms with Crippen molar-refractivity contribution in [1.29, 1.82) is 0 Å². The largest absolute Gasteiger partial charge is 0.494 e. The van der Waals surface area contributed by atoms with Crippen LogP contribution in [0.15, 0.2) is 76.9 Å². The van der Waals surface area contributed by atoms with Crippen molar-refractivity contribution in [2.45, 2.75) is 13.8 Å². The highest BCUT2D eigenvalue weighted by Crippen LogP contribution is 2.26. The molecular formula is C24H20N4O3. The number of carbonyl (C=O) groups excluding carboxylic acids is 1. The molecule has 0 spiro atoms. The van der Waals surface area contributed by atoms with Gasteiger partial charge in [-0.05, 0) is 55.3 Å². The Morgan fingerprint density at radius 3 is 2.45 bits per heavy atom. The van der Waals surface area contributed by atoms with Crippen LogP contribution in [0.5, 0.6) is 5.88 Å². The Morgan fingerprint density at radius 1 is 1.03 bits per heavy atom. The van der Waals surface area contributed by atoms with E-state index in [9.17, 15) is 14.7 Å². The number of aryl methyl sites for hydroxylation is 2. The van der Waals surface area contributed by atoms with Crippen LogP contribution in [-0.4, -0.2) is 26.8 Å². The van der Waals surface area contributed by atoms with Crippen molar-refractivity contribution in [2.24, 2.45) is 5.10 Å². The van der Waals surface area contributed by atoms with E-state index in [0.717, 1.165) is 11.1 Å². The zero-order chi connectivity index (χ0) is 22.0. The quantitative estimate of drug-likeness (QED) is 0.396. The number of fused-ring (bicyclic) bond motifs is 1. The highest BCUT2D eigenvalue weighted by Gasteiger charge is 2.16. The summed E-state index contributed by atoms with van der Waals surface area (Å²) in [5.74, 6) is -0.668. The van der Waals surface area contributed by atoms with E-state index in [2.05, 4.69) is 15.5 Å². The lowest BCUT2D eigenvalue weighted by Crippen LogP contribution is -2.21. The number of hydrogen-bond donors (Lipinski definition) is 2. The molecule has 0 aliphatic carbocycles. The summed E-state index contributed by atoms with van der Waals surface area (Å²) in [4.78, 5) is 29.2. The van der Waals surface area contributed by atoms with Crippen molar-refractivity contribution < 1.29 is 9.90 Å². The minimum Gasteiger partial charge on any atom is -0.494 e. The Bertz CT molecular complexity index is 1380. The molecule has 0 bridgehead atoms. The first-order chi connectivity index (χ1) is 15.0. The summed E-state index contributed by atoms with van der Waals surface area (Å²) in [7, 11) is 0. The number of aromatic hydroxyl groups is 1. The van der Waals surface area contributed by atoms with Gasteiger partial charge in [-0.3, -0.25) is 14.6 Å². The van der Waals surface area contributed by atoms with Crippen LogP contribution < -0.4 is 11.0 Å². The molecule has 0 unspecified atom stereocenters. The van der Waals surface area contributed by atoms with E-state index in [1.165, 1.54) is 23.2 Å². The van der Waals surface area contributed by atoms with Gasteiger partial charge in [0.05, 0.1) is 17.5 Å². The highest BCUT2D eigenvalue weighted by molar-refractivity contribution is 6.02. The zero-order valence-corrected chi connectivity index (χ0v) is 17.0. The maximum atomic E-state index is 13.1. The third kappa shape index (κ3) is 3.81. The molecule has 1 amide bonds.